The predicted octanol–water partition coefficient (Wildman–Crippen LogP) is 1.60. The Morgan fingerprint density at radius 1 is 1.69 bits per heavy atom. The highest BCUT2D eigenvalue weighted by molar-refractivity contribution is 5.91. The molecule has 0 saturated carbocycles. The highest BCUT2D eigenvalue weighted by Gasteiger charge is 2.21. The second-order valence-corrected chi connectivity index (χ2v) is 2.70. The number of carbonyl (C=O) groups is 1. The number of methoxy groups -OCH3 is 1. The van der Waals surface area contributed by atoms with E-state index in [1.54, 1.807) is 6.07 Å². The lowest BCUT2D eigenvalue weighted by Gasteiger charge is -2.07. The van der Waals surface area contributed by atoms with E-state index in [-0.39, 0.29) is 5.56 Å². The standard InChI is InChI=1S/C9H6F2N2O3/c1-16-8-5(3-12)4(9(14)15)2-6(13-8)7(10)11/h2,7H,1H3,(H,14,15). The summed E-state index contributed by atoms with van der Waals surface area (Å²) in [6.07, 6.45) is -2.93. The van der Waals surface area contributed by atoms with Gasteiger partial charge < -0.3 is 9.84 Å². The zero-order valence-corrected chi connectivity index (χ0v) is 8.07. The van der Waals surface area contributed by atoms with Gasteiger partial charge >= 0.3 is 5.97 Å². The number of carboxylic acid groups (broad SMARTS) is 1. The summed E-state index contributed by atoms with van der Waals surface area (Å²) in [4.78, 5) is 14.1. The molecule has 1 aromatic heterocycles. The number of rotatable bonds is 3. The predicted molar refractivity (Wildman–Crippen MR) is 47.4 cm³/mol. The van der Waals surface area contributed by atoms with Crippen LogP contribution in [0.5, 0.6) is 5.88 Å². The second kappa shape index (κ2) is 4.53. The third kappa shape index (κ3) is 2.06. The first kappa shape index (κ1) is 11.8. The third-order valence-corrected chi connectivity index (χ3v) is 1.77. The van der Waals surface area contributed by atoms with Crippen LogP contribution in [0.3, 0.4) is 0 Å². The number of aromatic carboxylic acids is 1. The van der Waals surface area contributed by atoms with Gasteiger partial charge in [0.15, 0.2) is 0 Å². The normalized spacial score (nSPS) is 9.94. The molecule has 7 heteroatoms. The van der Waals surface area contributed by atoms with E-state index in [4.69, 9.17) is 10.4 Å². The van der Waals surface area contributed by atoms with Crippen molar-refractivity contribution in [2.45, 2.75) is 6.43 Å². The zero-order valence-electron chi connectivity index (χ0n) is 8.07. The molecule has 1 aromatic rings. The van der Waals surface area contributed by atoms with Gasteiger partial charge in [-0.15, -0.1) is 0 Å². The summed E-state index contributed by atoms with van der Waals surface area (Å²) in [5, 5.41) is 17.4. The summed E-state index contributed by atoms with van der Waals surface area (Å²) in [5.41, 5.74) is -1.67. The SMILES string of the molecule is COc1nc(C(F)F)cc(C(=O)O)c1C#N. The van der Waals surface area contributed by atoms with Crippen LogP contribution in [0, 0.1) is 11.3 Å². The van der Waals surface area contributed by atoms with Crippen molar-refractivity contribution in [2.24, 2.45) is 0 Å². The molecule has 1 rings (SSSR count). The molecule has 0 atom stereocenters. The third-order valence-electron chi connectivity index (χ3n) is 1.77. The van der Waals surface area contributed by atoms with E-state index in [1.165, 1.54) is 0 Å². The molecular weight excluding hydrogens is 222 g/mol. The van der Waals surface area contributed by atoms with Crippen LogP contribution in [0.15, 0.2) is 6.07 Å². The van der Waals surface area contributed by atoms with Gasteiger partial charge in [-0.05, 0) is 6.07 Å². The average Bonchev–Trinajstić information content (AvgIpc) is 2.26. The molecule has 0 saturated heterocycles. The molecule has 0 radical (unpaired) electrons. The first-order chi connectivity index (χ1) is 7.51. The van der Waals surface area contributed by atoms with Gasteiger partial charge in [-0.1, -0.05) is 0 Å². The van der Waals surface area contributed by atoms with Gasteiger partial charge in [0.05, 0.1) is 12.7 Å². The number of ether oxygens (including phenoxy) is 1. The van der Waals surface area contributed by atoms with Gasteiger partial charge in [-0.25, -0.2) is 18.6 Å². The maximum absolute atomic E-state index is 12.4. The zero-order chi connectivity index (χ0) is 12.3. The van der Waals surface area contributed by atoms with E-state index in [1.807, 2.05) is 0 Å². The fourth-order valence-electron chi connectivity index (χ4n) is 1.08. The number of alkyl halides is 2. The van der Waals surface area contributed by atoms with E-state index in [0.29, 0.717) is 6.07 Å². The van der Waals surface area contributed by atoms with Gasteiger partial charge in [-0.3, -0.25) is 0 Å². The van der Waals surface area contributed by atoms with Crippen molar-refractivity contribution in [1.82, 2.24) is 4.98 Å². The number of halogens is 2. The van der Waals surface area contributed by atoms with Crippen molar-refractivity contribution in [2.75, 3.05) is 7.11 Å². The van der Waals surface area contributed by atoms with Crippen LogP contribution in [-0.4, -0.2) is 23.2 Å². The molecule has 0 spiro atoms. The molecule has 16 heavy (non-hydrogen) atoms. The Hall–Kier alpha value is -2.23. The molecule has 1 N–H and O–H groups in total. The number of nitriles is 1. The van der Waals surface area contributed by atoms with Crippen molar-refractivity contribution in [3.63, 3.8) is 0 Å². The Morgan fingerprint density at radius 3 is 2.69 bits per heavy atom. The molecule has 0 unspecified atom stereocenters. The van der Waals surface area contributed by atoms with Crippen LogP contribution in [0.25, 0.3) is 0 Å². The Balaban J connectivity index is 3.51. The molecular formula is C9H6F2N2O3. The smallest absolute Gasteiger partial charge is 0.337 e. The molecule has 0 aliphatic carbocycles. The maximum atomic E-state index is 12.4. The summed E-state index contributed by atoms with van der Waals surface area (Å²) < 4.78 is 29.3. The van der Waals surface area contributed by atoms with Gasteiger partial charge in [0.25, 0.3) is 6.43 Å². The monoisotopic (exact) mass is 228 g/mol. The molecule has 5 nitrogen and oxygen atoms in total. The largest absolute Gasteiger partial charge is 0.480 e. The minimum Gasteiger partial charge on any atom is -0.480 e. The van der Waals surface area contributed by atoms with Crippen molar-refractivity contribution in [1.29, 1.82) is 5.26 Å². The first-order valence-electron chi connectivity index (χ1n) is 4.01. The van der Waals surface area contributed by atoms with E-state index in [2.05, 4.69) is 9.72 Å². The van der Waals surface area contributed by atoms with Gasteiger partial charge in [0.1, 0.15) is 17.3 Å². The molecule has 0 bridgehead atoms. The van der Waals surface area contributed by atoms with Gasteiger partial charge in [0.2, 0.25) is 5.88 Å². The minimum absolute atomic E-state index is 0.376. The molecule has 0 aliphatic rings. The lowest BCUT2D eigenvalue weighted by atomic mass is 10.1. The van der Waals surface area contributed by atoms with Gasteiger partial charge in [-0.2, -0.15) is 5.26 Å². The topological polar surface area (TPSA) is 83.2 Å². The lowest BCUT2D eigenvalue weighted by Crippen LogP contribution is -2.07. The quantitative estimate of drug-likeness (QED) is 0.849. The van der Waals surface area contributed by atoms with E-state index < -0.39 is 29.5 Å². The van der Waals surface area contributed by atoms with Crippen molar-refractivity contribution in [3.8, 4) is 11.9 Å². The van der Waals surface area contributed by atoms with Crippen LogP contribution in [-0.2, 0) is 0 Å². The number of nitrogens with zero attached hydrogens (tertiary/aromatic N) is 2. The maximum Gasteiger partial charge on any atom is 0.337 e. The number of hydrogen-bond acceptors (Lipinski definition) is 4. The lowest BCUT2D eigenvalue weighted by molar-refractivity contribution is 0.0695. The van der Waals surface area contributed by atoms with Crippen molar-refractivity contribution < 1.29 is 23.4 Å². The Bertz CT molecular complexity index is 469. The molecule has 84 valence electrons. The Labute approximate surface area is 88.9 Å². The first-order valence-corrected chi connectivity index (χ1v) is 4.01. The molecule has 0 amide bonds. The van der Waals surface area contributed by atoms with Crippen molar-refractivity contribution >= 4 is 5.97 Å². The Morgan fingerprint density at radius 2 is 2.31 bits per heavy atom. The molecule has 0 aliphatic heterocycles. The number of pyridine rings is 1. The summed E-state index contributed by atoms with van der Waals surface area (Å²) >= 11 is 0. The summed E-state index contributed by atoms with van der Waals surface area (Å²) in [7, 11) is 1.12. The summed E-state index contributed by atoms with van der Waals surface area (Å²) in [6.45, 7) is 0. The van der Waals surface area contributed by atoms with Crippen LogP contribution in [0.2, 0.25) is 0 Å². The molecule has 0 fully saturated rings. The molecule has 0 aromatic carbocycles. The number of aromatic nitrogens is 1. The fraction of sp³-hybridized carbons (Fsp3) is 0.222. The highest BCUT2D eigenvalue weighted by Crippen LogP contribution is 2.25. The molecule has 1 heterocycles. The Kier molecular flexibility index (Phi) is 3.35. The van der Waals surface area contributed by atoms with Crippen molar-refractivity contribution in [3.05, 3.63) is 22.9 Å². The van der Waals surface area contributed by atoms with E-state index in [0.717, 1.165) is 7.11 Å². The van der Waals surface area contributed by atoms with Crippen LogP contribution >= 0.6 is 0 Å². The average molecular weight is 228 g/mol. The van der Waals surface area contributed by atoms with E-state index >= 15 is 0 Å². The van der Waals surface area contributed by atoms with Crippen LogP contribution in [0.1, 0.15) is 28.0 Å². The van der Waals surface area contributed by atoms with Crippen LogP contribution in [0.4, 0.5) is 8.78 Å². The number of hydrogen-bond donors (Lipinski definition) is 1. The van der Waals surface area contributed by atoms with E-state index in [9.17, 15) is 13.6 Å². The number of carboxylic acids is 1. The van der Waals surface area contributed by atoms with Gasteiger partial charge in [0, 0.05) is 0 Å². The van der Waals surface area contributed by atoms with Crippen LogP contribution < -0.4 is 4.74 Å². The second-order valence-electron chi connectivity index (χ2n) is 2.70. The summed E-state index contributed by atoms with van der Waals surface area (Å²) in [5.74, 6) is -1.91. The minimum atomic E-state index is -2.93. The fourth-order valence-corrected chi connectivity index (χ4v) is 1.08. The highest BCUT2D eigenvalue weighted by atomic mass is 19.3. The summed E-state index contributed by atoms with van der Waals surface area (Å²) in [6, 6.07) is 2.21.